The molecule has 21 heavy (non-hydrogen) atoms. The molecule has 0 bridgehead atoms. The standard InChI is InChI=1S/C15H20ClNO4/c1-9(2)8-17-13(15(18)19-3)10-6-11(16)14-12(7-10)20-4-5-21-14/h6-7,9,13,17H,4-5,8H2,1-3H3. The molecule has 0 aliphatic carbocycles. The molecule has 116 valence electrons. The van der Waals surface area contributed by atoms with Crippen molar-refractivity contribution < 1.29 is 19.0 Å². The molecule has 1 heterocycles. The molecule has 1 atom stereocenters. The predicted octanol–water partition coefficient (Wildman–Crippen LogP) is 2.57. The number of ether oxygens (including phenoxy) is 3. The number of nitrogens with one attached hydrogen (secondary N) is 1. The van der Waals surface area contributed by atoms with Gasteiger partial charge >= 0.3 is 5.97 Å². The van der Waals surface area contributed by atoms with Crippen LogP contribution in [-0.2, 0) is 9.53 Å². The molecule has 1 aromatic carbocycles. The Bertz CT molecular complexity index is 519. The zero-order chi connectivity index (χ0) is 15.4. The van der Waals surface area contributed by atoms with Crippen molar-refractivity contribution in [3.8, 4) is 11.5 Å². The molecule has 1 N–H and O–H groups in total. The molecule has 0 saturated carbocycles. The monoisotopic (exact) mass is 313 g/mol. The van der Waals surface area contributed by atoms with Gasteiger partial charge in [-0.1, -0.05) is 25.4 Å². The summed E-state index contributed by atoms with van der Waals surface area (Å²) in [4.78, 5) is 12.0. The van der Waals surface area contributed by atoms with Gasteiger partial charge in [-0.25, -0.2) is 4.79 Å². The molecular formula is C15H20ClNO4. The number of rotatable bonds is 5. The van der Waals surface area contributed by atoms with Gasteiger partial charge in [0, 0.05) is 0 Å². The lowest BCUT2D eigenvalue weighted by molar-refractivity contribution is -0.143. The SMILES string of the molecule is COC(=O)C(NCC(C)C)c1cc(Cl)c2c(c1)OCCO2. The Morgan fingerprint density at radius 1 is 1.38 bits per heavy atom. The molecule has 5 nitrogen and oxygen atoms in total. The van der Waals surface area contributed by atoms with Crippen LogP contribution in [0.1, 0.15) is 25.5 Å². The number of halogens is 1. The maximum absolute atomic E-state index is 12.0. The van der Waals surface area contributed by atoms with E-state index in [1.165, 1.54) is 7.11 Å². The fourth-order valence-corrected chi connectivity index (χ4v) is 2.38. The van der Waals surface area contributed by atoms with Gasteiger partial charge in [0.05, 0.1) is 12.1 Å². The first-order chi connectivity index (χ1) is 10.0. The first kappa shape index (κ1) is 15.9. The summed E-state index contributed by atoms with van der Waals surface area (Å²) in [6.45, 7) is 5.76. The second-order valence-corrected chi connectivity index (χ2v) is 5.69. The second kappa shape index (κ2) is 7.00. The first-order valence-corrected chi connectivity index (χ1v) is 7.31. The Morgan fingerprint density at radius 2 is 2.10 bits per heavy atom. The summed E-state index contributed by atoms with van der Waals surface area (Å²) in [5.74, 6) is 1.14. The van der Waals surface area contributed by atoms with Crippen LogP contribution in [0.4, 0.5) is 0 Å². The number of carbonyl (C=O) groups is 1. The minimum absolute atomic E-state index is 0.358. The number of hydrogen-bond acceptors (Lipinski definition) is 5. The van der Waals surface area contributed by atoms with Crippen molar-refractivity contribution in [3.05, 3.63) is 22.7 Å². The normalized spacial score (nSPS) is 14.9. The summed E-state index contributed by atoms with van der Waals surface area (Å²) in [5.41, 5.74) is 0.705. The molecule has 0 aromatic heterocycles. The highest BCUT2D eigenvalue weighted by atomic mass is 35.5. The fraction of sp³-hybridized carbons (Fsp3) is 0.533. The molecule has 1 aromatic rings. The van der Waals surface area contributed by atoms with Crippen molar-refractivity contribution >= 4 is 17.6 Å². The van der Waals surface area contributed by atoms with E-state index in [1.807, 2.05) is 0 Å². The van der Waals surface area contributed by atoms with Crippen molar-refractivity contribution in [2.24, 2.45) is 5.92 Å². The van der Waals surface area contributed by atoms with E-state index in [0.29, 0.717) is 47.8 Å². The van der Waals surface area contributed by atoms with Crippen molar-refractivity contribution in [1.29, 1.82) is 0 Å². The summed E-state index contributed by atoms with van der Waals surface area (Å²) < 4.78 is 15.9. The highest BCUT2D eigenvalue weighted by Crippen LogP contribution is 2.39. The lowest BCUT2D eigenvalue weighted by Crippen LogP contribution is -2.32. The van der Waals surface area contributed by atoms with Gasteiger partial charge in [-0.2, -0.15) is 0 Å². The summed E-state index contributed by atoms with van der Waals surface area (Å²) in [6.07, 6.45) is 0. The number of esters is 1. The van der Waals surface area contributed by atoms with E-state index in [9.17, 15) is 4.79 Å². The summed E-state index contributed by atoms with van der Waals surface area (Å²) in [5, 5.41) is 3.62. The lowest BCUT2D eigenvalue weighted by Gasteiger charge is -2.23. The Balaban J connectivity index is 2.30. The van der Waals surface area contributed by atoms with Crippen LogP contribution in [0.5, 0.6) is 11.5 Å². The van der Waals surface area contributed by atoms with Crippen LogP contribution in [0, 0.1) is 5.92 Å². The molecular weight excluding hydrogens is 294 g/mol. The molecule has 0 radical (unpaired) electrons. The first-order valence-electron chi connectivity index (χ1n) is 6.93. The topological polar surface area (TPSA) is 56.8 Å². The molecule has 6 heteroatoms. The van der Waals surface area contributed by atoms with Gasteiger partial charge in [0.15, 0.2) is 11.5 Å². The fourth-order valence-electron chi connectivity index (χ4n) is 2.11. The third-order valence-corrected chi connectivity index (χ3v) is 3.40. The number of hydrogen-bond donors (Lipinski definition) is 1. The smallest absolute Gasteiger partial charge is 0.327 e. The van der Waals surface area contributed by atoms with E-state index >= 15 is 0 Å². The molecule has 0 amide bonds. The predicted molar refractivity (Wildman–Crippen MR) is 80.0 cm³/mol. The molecule has 0 spiro atoms. The zero-order valence-corrected chi connectivity index (χ0v) is 13.2. The van der Waals surface area contributed by atoms with Crippen LogP contribution in [0.2, 0.25) is 5.02 Å². The Morgan fingerprint density at radius 3 is 2.76 bits per heavy atom. The van der Waals surface area contributed by atoms with E-state index in [4.69, 9.17) is 25.8 Å². The van der Waals surface area contributed by atoms with Crippen LogP contribution in [0.15, 0.2) is 12.1 Å². The summed E-state index contributed by atoms with van der Waals surface area (Å²) in [6, 6.07) is 2.91. The van der Waals surface area contributed by atoms with Crippen molar-refractivity contribution in [3.63, 3.8) is 0 Å². The van der Waals surface area contributed by atoms with Gasteiger partial charge in [0.1, 0.15) is 19.3 Å². The maximum Gasteiger partial charge on any atom is 0.327 e. The quantitative estimate of drug-likeness (QED) is 0.847. The lowest BCUT2D eigenvalue weighted by atomic mass is 10.0. The molecule has 1 unspecified atom stereocenters. The van der Waals surface area contributed by atoms with Gasteiger partial charge in [-0.15, -0.1) is 0 Å². The van der Waals surface area contributed by atoms with Crippen molar-refractivity contribution in [1.82, 2.24) is 5.32 Å². The van der Waals surface area contributed by atoms with Gasteiger partial charge in [0.25, 0.3) is 0 Å². The highest BCUT2D eigenvalue weighted by molar-refractivity contribution is 6.32. The number of fused-ring (bicyclic) bond motifs is 1. The van der Waals surface area contributed by atoms with E-state index in [1.54, 1.807) is 12.1 Å². The highest BCUT2D eigenvalue weighted by Gasteiger charge is 2.25. The van der Waals surface area contributed by atoms with Crippen LogP contribution in [-0.4, -0.2) is 32.8 Å². The van der Waals surface area contributed by atoms with Crippen LogP contribution in [0.3, 0.4) is 0 Å². The molecule has 1 aliphatic rings. The van der Waals surface area contributed by atoms with Gasteiger partial charge in [-0.3, -0.25) is 0 Å². The number of benzene rings is 1. The number of methoxy groups -OCH3 is 1. The van der Waals surface area contributed by atoms with E-state index < -0.39 is 6.04 Å². The zero-order valence-electron chi connectivity index (χ0n) is 12.4. The Labute approximate surface area is 129 Å². The van der Waals surface area contributed by atoms with Gasteiger partial charge < -0.3 is 19.5 Å². The van der Waals surface area contributed by atoms with E-state index in [-0.39, 0.29) is 5.97 Å². The Hall–Kier alpha value is -1.46. The minimum Gasteiger partial charge on any atom is -0.486 e. The summed E-state index contributed by atoms with van der Waals surface area (Å²) in [7, 11) is 1.37. The van der Waals surface area contributed by atoms with Crippen LogP contribution >= 0.6 is 11.6 Å². The maximum atomic E-state index is 12.0. The average Bonchev–Trinajstić information content (AvgIpc) is 2.47. The third-order valence-electron chi connectivity index (χ3n) is 3.12. The summed E-state index contributed by atoms with van der Waals surface area (Å²) >= 11 is 6.22. The van der Waals surface area contributed by atoms with Crippen LogP contribution in [0.25, 0.3) is 0 Å². The van der Waals surface area contributed by atoms with Gasteiger partial charge in [-0.05, 0) is 30.2 Å². The van der Waals surface area contributed by atoms with E-state index in [2.05, 4.69) is 19.2 Å². The van der Waals surface area contributed by atoms with Crippen molar-refractivity contribution in [2.75, 3.05) is 26.9 Å². The third kappa shape index (κ3) is 3.80. The average molecular weight is 314 g/mol. The molecule has 2 rings (SSSR count). The van der Waals surface area contributed by atoms with Crippen molar-refractivity contribution in [2.45, 2.75) is 19.9 Å². The minimum atomic E-state index is -0.578. The van der Waals surface area contributed by atoms with E-state index in [0.717, 1.165) is 0 Å². The largest absolute Gasteiger partial charge is 0.486 e. The molecule has 0 fully saturated rings. The molecule has 1 aliphatic heterocycles. The van der Waals surface area contributed by atoms with Gasteiger partial charge in [0.2, 0.25) is 0 Å². The van der Waals surface area contributed by atoms with Crippen LogP contribution < -0.4 is 14.8 Å². The second-order valence-electron chi connectivity index (χ2n) is 5.29. The Kier molecular flexibility index (Phi) is 5.31. The molecule has 0 saturated heterocycles. The number of carbonyl (C=O) groups excluding carboxylic acids is 1.